The Morgan fingerprint density at radius 1 is 1.29 bits per heavy atom. The number of aliphatic hydroxyl groups excluding tert-OH is 1. The van der Waals surface area contributed by atoms with Crippen molar-refractivity contribution in [3.05, 3.63) is 35.5 Å². The number of hydrogen-bond acceptors (Lipinski definition) is 2. The Kier molecular flexibility index (Phi) is 2.87. The van der Waals surface area contributed by atoms with E-state index in [0.717, 1.165) is 32.5 Å². The number of aromatic nitrogens is 1. The van der Waals surface area contributed by atoms with Crippen molar-refractivity contribution < 1.29 is 5.11 Å². The van der Waals surface area contributed by atoms with Crippen LogP contribution in [0, 0.1) is 0 Å². The molecule has 1 aliphatic heterocycles. The Hall–Kier alpha value is -1.32. The van der Waals surface area contributed by atoms with Gasteiger partial charge in [0.15, 0.2) is 0 Å². The SMILES string of the molecule is OCCCN1CCc2c([nH]c3ccccc23)C1. The summed E-state index contributed by atoms with van der Waals surface area (Å²) in [6.45, 7) is 3.38. The van der Waals surface area contributed by atoms with E-state index in [-0.39, 0.29) is 6.61 Å². The van der Waals surface area contributed by atoms with Crippen molar-refractivity contribution in [3.63, 3.8) is 0 Å². The van der Waals surface area contributed by atoms with Gasteiger partial charge in [0.25, 0.3) is 0 Å². The zero-order chi connectivity index (χ0) is 11.7. The highest BCUT2D eigenvalue weighted by Crippen LogP contribution is 2.27. The maximum Gasteiger partial charge on any atom is 0.0459 e. The van der Waals surface area contributed by atoms with E-state index >= 15 is 0 Å². The van der Waals surface area contributed by atoms with Crippen molar-refractivity contribution in [2.45, 2.75) is 19.4 Å². The molecule has 0 unspecified atom stereocenters. The quantitative estimate of drug-likeness (QED) is 0.845. The number of nitrogens with zero attached hydrogens (tertiary/aromatic N) is 1. The molecule has 1 aliphatic rings. The second kappa shape index (κ2) is 4.51. The second-order valence-corrected chi connectivity index (χ2v) is 4.73. The van der Waals surface area contributed by atoms with Crippen LogP contribution in [-0.4, -0.2) is 34.7 Å². The highest BCUT2D eigenvalue weighted by Gasteiger charge is 2.19. The number of fused-ring (bicyclic) bond motifs is 3. The molecule has 0 fully saturated rings. The third-order valence-corrected chi connectivity index (χ3v) is 3.59. The van der Waals surface area contributed by atoms with Crippen LogP contribution in [0.2, 0.25) is 0 Å². The van der Waals surface area contributed by atoms with Gasteiger partial charge in [-0.15, -0.1) is 0 Å². The topological polar surface area (TPSA) is 39.3 Å². The Morgan fingerprint density at radius 3 is 3.06 bits per heavy atom. The van der Waals surface area contributed by atoms with Gasteiger partial charge in [0, 0.05) is 42.8 Å². The minimum absolute atomic E-state index is 0.288. The van der Waals surface area contributed by atoms with E-state index in [9.17, 15) is 0 Å². The lowest BCUT2D eigenvalue weighted by Crippen LogP contribution is -2.31. The number of aliphatic hydroxyl groups is 1. The molecule has 0 radical (unpaired) electrons. The summed E-state index contributed by atoms with van der Waals surface area (Å²) in [7, 11) is 0. The van der Waals surface area contributed by atoms with Crippen LogP contribution in [0.3, 0.4) is 0 Å². The van der Waals surface area contributed by atoms with Gasteiger partial charge in [-0.3, -0.25) is 4.90 Å². The third kappa shape index (κ3) is 1.96. The van der Waals surface area contributed by atoms with E-state index in [1.807, 2.05) is 0 Å². The molecule has 90 valence electrons. The average Bonchev–Trinajstić information content (AvgIpc) is 2.74. The Labute approximate surface area is 101 Å². The fourth-order valence-electron chi connectivity index (χ4n) is 2.73. The number of nitrogens with one attached hydrogen (secondary N) is 1. The first kappa shape index (κ1) is 10.8. The first-order valence-electron chi connectivity index (χ1n) is 6.30. The van der Waals surface area contributed by atoms with Gasteiger partial charge < -0.3 is 10.1 Å². The molecule has 2 N–H and O–H groups in total. The molecule has 0 spiro atoms. The van der Waals surface area contributed by atoms with E-state index in [2.05, 4.69) is 34.1 Å². The molecule has 0 bridgehead atoms. The minimum atomic E-state index is 0.288. The van der Waals surface area contributed by atoms with Gasteiger partial charge in [0.1, 0.15) is 0 Å². The molecule has 0 saturated carbocycles. The number of benzene rings is 1. The standard InChI is InChI=1S/C14H18N2O/c17-9-3-7-16-8-6-12-11-4-1-2-5-13(11)15-14(12)10-16/h1-2,4-5,15,17H,3,6-10H2. The summed E-state index contributed by atoms with van der Waals surface area (Å²) in [5.74, 6) is 0. The highest BCUT2D eigenvalue weighted by molar-refractivity contribution is 5.84. The van der Waals surface area contributed by atoms with Crippen molar-refractivity contribution in [1.29, 1.82) is 0 Å². The zero-order valence-electron chi connectivity index (χ0n) is 9.95. The van der Waals surface area contributed by atoms with Crippen LogP contribution in [0.1, 0.15) is 17.7 Å². The number of H-pyrrole nitrogens is 1. The molecule has 2 aromatic rings. The summed E-state index contributed by atoms with van der Waals surface area (Å²) in [5.41, 5.74) is 4.10. The van der Waals surface area contributed by atoms with Gasteiger partial charge in [-0.1, -0.05) is 18.2 Å². The molecular weight excluding hydrogens is 212 g/mol. The Bertz CT molecular complexity index is 518. The summed E-state index contributed by atoms with van der Waals surface area (Å²) in [6, 6.07) is 8.53. The number of rotatable bonds is 3. The molecule has 0 amide bonds. The van der Waals surface area contributed by atoms with E-state index in [1.165, 1.54) is 22.2 Å². The largest absolute Gasteiger partial charge is 0.396 e. The van der Waals surface area contributed by atoms with E-state index in [4.69, 9.17) is 5.11 Å². The predicted molar refractivity (Wildman–Crippen MR) is 69.0 cm³/mol. The fourth-order valence-corrected chi connectivity index (χ4v) is 2.73. The number of hydrogen-bond donors (Lipinski definition) is 2. The molecule has 2 heterocycles. The first-order valence-corrected chi connectivity index (χ1v) is 6.30. The average molecular weight is 230 g/mol. The van der Waals surface area contributed by atoms with Crippen molar-refractivity contribution in [1.82, 2.24) is 9.88 Å². The molecule has 3 rings (SSSR count). The van der Waals surface area contributed by atoms with E-state index in [1.54, 1.807) is 0 Å². The summed E-state index contributed by atoms with van der Waals surface area (Å²) >= 11 is 0. The summed E-state index contributed by atoms with van der Waals surface area (Å²) in [5, 5.41) is 10.3. The Morgan fingerprint density at radius 2 is 2.18 bits per heavy atom. The normalized spacial score (nSPS) is 16.3. The number of para-hydroxylation sites is 1. The maximum atomic E-state index is 8.87. The van der Waals surface area contributed by atoms with Gasteiger partial charge in [-0.25, -0.2) is 0 Å². The lowest BCUT2D eigenvalue weighted by Gasteiger charge is -2.26. The molecular formula is C14H18N2O. The molecule has 3 heteroatoms. The summed E-state index contributed by atoms with van der Waals surface area (Å²) in [6.07, 6.45) is 1.99. The minimum Gasteiger partial charge on any atom is -0.396 e. The zero-order valence-corrected chi connectivity index (χ0v) is 9.95. The molecule has 3 nitrogen and oxygen atoms in total. The molecule has 0 atom stereocenters. The molecule has 1 aromatic carbocycles. The lowest BCUT2D eigenvalue weighted by molar-refractivity contribution is 0.211. The summed E-state index contributed by atoms with van der Waals surface area (Å²) in [4.78, 5) is 5.93. The van der Waals surface area contributed by atoms with Crippen molar-refractivity contribution in [3.8, 4) is 0 Å². The smallest absolute Gasteiger partial charge is 0.0459 e. The van der Waals surface area contributed by atoms with Crippen molar-refractivity contribution >= 4 is 10.9 Å². The van der Waals surface area contributed by atoms with Gasteiger partial charge in [-0.05, 0) is 24.5 Å². The molecule has 17 heavy (non-hydrogen) atoms. The van der Waals surface area contributed by atoms with Crippen LogP contribution in [0.4, 0.5) is 0 Å². The van der Waals surface area contributed by atoms with Gasteiger partial charge in [-0.2, -0.15) is 0 Å². The van der Waals surface area contributed by atoms with Crippen LogP contribution >= 0.6 is 0 Å². The van der Waals surface area contributed by atoms with Gasteiger partial charge >= 0.3 is 0 Å². The van der Waals surface area contributed by atoms with Crippen LogP contribution in [-0.2, 0) is 13.0 Å². The first-order chi connectivity index (χ1) is 8.38. The fraction of sp³-hybridized carbons (Fsp3) is 0.429. The molecule has 0 saturated heterocycles. The predicted octanol–water partition coefficient (Wildman–Crippen LogP) is 1.91. The molecule has 1 aromatic heterocycles. The third-order valence-electron chi connectivity index (χ3n) is 3.59. The van der Waals surface area contributed by atoms with Crippen LogP contribution in [0.5, 0.6) is 0 Å². The monoisotopic (exact) mass is 230 g/mol. The number of aromatic amines is 1. The van der Waals surface area contributed by atoms with Crippen LogP contribution < -0.4 is 0 Å². The maximum absolute atomic E-state index is 8.87. The van der Waals surface area contributed by atoms with Crippen molar-refractivity contribution in [2.24, 2.45) is 0 Å². The van der Waals surface area contributed by atoms with Gasteiger partial charge in [0.2, 0.25) is 0 Å². The Balaban J connectivity index is 1.87. The summed E-state index contributed by atoms with van der Waals surface area (Å²) < 4.78 is 0. The van der Waals surface area contributed by atoms with Crippen LogP contribution in [0.25, 0.3) is 10.9 Å². The van der Waals surface area contributed by atoms with Crippen LogP contribution in [0.15, 0.2) is 24.3 Å². The lowest BCUT2D eigenvalue weighted by atomic mass is 10.0. The van der Waals surface area contributed by atoms with E-state index < -0.39 is 0 Å². The van der Waals surface area contributed by atoms with Crippen molar-refractivity contribution in [2.75, 3.05) is 19.7 Å². The molecule has 0 aliphatic carbocycles. The second-order valence-electron chi connectivity index (χ2n) is 4.73. The van der Waals surface area contributed by atoms with Gasteiger partial charge in [0.05, 0.1) is 0 Å². The highest BCUT2D eigenvalue weighted by atomic mass is 16.3. The van der Waals surface area contributed by atoms with E-state index in [0.29, 0.717) is 0 Å².